The molecule has 0 aromatic carbocycles. The smallest absolute Gasteiger partial charge is 0.330 e. The number of hydrogen-bond donors (Lipinski definition) is 1. The van der Waals surface area contributed by atoms with E-state index in [1.54, 1.807) is 0 Å². The fourth-order valence-electron chi connectivity index (χ4n) is 2.54. The molecule has 1 aromatic rings. The number of H-pyrrole nitrogens is 1. The second-order valence-corrected chi connectivity index (χ2v) is 6.51. The lowest BCUT2D eigenvalue weighted by Crippen LogP contribution is -2.46. The summed E-state index contributed by atoms with van der Waals surface area (Å²) in [5.41, 5.74) is -3.93. The molecule has 1 N–H and O–H groups in total. The van der Waals surface area contributed by atoms with E-state index in [9.17, 15) is 19.2 Å². The van der Waals surface area contributed by atoms with Gasteiger partial charge in [0.25, 0.3) is 5.56 Å². The number of alkyl halides is 1. The molecule has 0 saturated carbocycles. The minimum Gasteiger partial charge on any atom is -0.463 e. The first-order valence-electron chi connectivity index (χ1n) is 7.20. The van der Waals surface area contributed by atoms with Crippen molar-refractivity contribution in [3.05, 3.63) is 31.5 Å². The van der Waals surface area contributed by atoms with E-state index in [-0.39, 0.29) is 11.1 Å². The molecule has 0 amide bonds. The molecular formula is C14H16BrFN2O7. The van der Waals surface area contributed by atoms with Crippen LogP contribution in [0.1, 0.15) is 27.0 Å². The second-order valence-electron chi connectivity index (χ2n) is 5.65. The monoisotopic (exact) mass is 422 g/mol. The highest BCUT2D eigenvalue weighted by Gasteiger charge is 2.58. The first-order chi connectivity index (χ1) is 11.5. The maximum atomic E-state index is 15.4. The van der Waals surface area contributed by atoms with Gasteiger partial charge in [-0.05, 0) is 22.9 Å². The standard InChI is InChI=1S/C14H16BrFN2O7/c1-6(19)23-5-9-10(24-7(2)20)14(3,16)12(25-9)18-4-8(15)11(21)17-13(18)22/h4,9-10,12H,5H2,1-3H3,(H,17,21,22)/t9-,10-,12-,14-/m1/s1. The molecule has 0 aliphatic carbocycles. The van der Waals surface area contributed by atoms with Gasteiger partial charge in [0.15, 0.2) is 18.0 Å². The van der Waals surface area contributed by atoms with E-state index in [4.69, 9.17) is 14.2 Å². The molecule has 138 valence electrons. The van der Waals surface area contributed by atoms with Gasteiger partial charge >= 0.3 is 17.6 Å². The SMILES string of the molecule is CC(=O)OC[C@H]1O[C@@H](n2cc(Br)c(=O)[nH]c2=O)[C@](C)(F)[C@@H]1OC(C)=O. The van der Waals surface area contributed by atoms with Crippen LogP contribution in [0.4, 0.5) is 4.39 Å². The number of hydrogen-bond acceptors (Lipinski definition) is 7. The van der Waals surface area contributed by atoms with E-state index in [1.165, 1.54) is 0 Å². The quantitative estimate of drug-likeness (QED) is 0.698. The molecule has 4 atom stereocenters. The van der Waals surface area contributed by atoms with E-state index in [0.29, 0.717) is 0 Å². The minimum absolute atomic E-state index is 0.0148. The molecule has 11 heteroatoms. The molecule has 1 aromatic heterocycles. The lowest BCUT2D eigenvalue weighted by molar-refractivity contribution is -0.158. The summed E-state index contributed by atoms with van der Waals surface area (Å²) in [7, 11) is 0. The summed E-state index contributed by atoms with van der Waals surface area (Å²) < 4.78 is 31.5. The van der Waals surface area contributed by atoms with Crippen LogP contribution in [0.3, 0.4) is 0 Å². The number of aromatic amines is 1. The Bertz CT molecular complexity index is 803. The third-order valence-corrected chi connectivity index (χ3v) is 4.17. The van der Waals surface area contributed by atoms with Crippen LogP contribution < -0.4 is 11.2 Å². The maximum Gasteiger partial charge on any atom is 0.330 e. The largest absolute Gasteiger partial charge is 0.463 e. The fourth-order valence-corrected chi connectivity index (χ4v) is 2.86. The van der Waals surface area contributed by atoms with Gasteiger partial charge in [0.2, 0.25) is 0 Å². The predicted molar refractivity (Wildman–Crippen MR) is 84.6 cm³/mol. The van der Waals surface area contributed by atoms with E-state index in [0.717, 1.165) is 31.5 Å². The van der Waals surface area contributed by atoms with Crippen molar-refractivity contribution in [2.24, 2.45) is 0 Å². The van der Waals surface area contributed by atoms with Gasteiger partial charge in [-0.3, -0.25) is 23.9 Å². The van der Waals surface area contributed by atoms with Crippen LogP contribution in [-0.2, 0) is 23.8 Å². The maximum absolute atomic E-state index is 15.4. The van der Waals surface area contributed by atoms with Gasteiger partial charge in [-0.2, -0.15) is 0 Å². The van der Waals surface area contributed by atoms with Crippen LogP contribution in [0.2, 0.25) is 0 Å². The van der Waals surface area contributed by atoms with Gasteiger partial charge in [0, 0.05) is 20.0 Å². The van der Waals surface area contributed by atoms with Crippen molar-refractivity contribution in [2.75, 3.05) is 6.61 Å². The summed E-state index contributed by atoms with van der Waals surface area (Å²) in [4.78, 5) is 47.8. The molecule has 0 bridgehead atoms. The van der Waals surface area contributed by atoms with E-state index < -0.39 is 47.3 Å². The summed E-state index contributed by atoms with van der Waals surface area (Å²) in [5.74, 6) is -1.39. The Labute approximate surface area is 149 Å². The third kappa shape index (κ3) is 3.98. The van der Waals surface area contributed by atoms with Crippen molar-refractivity contribution in [3.8, 4) is 0 Å². The fraction of sp³-hybridized carbons (Fsp3) is 0.571. The predicted octanol–water partition coefficient (Wildman–Crippen LogP) is 0.419. The zero-order chi connectivity index (χ0) is 18.9. The molecule has 9 nitrogen and oxygen atoms in total. The highest BCUT2D eigenvalue weighted by molar-refractivity contribution is 9.10. The number of nitrogens with zero attached hydrogens (tertiary/aromatic N) is 1. The molecule has 0 spiro atoms. The number of nitrogens with one attached hydrogen (secondary N) is 1. The summed E-state index contributed by atoms with van der Waals surface area (Å²) in [6, 6.07) is 0. The second kappa shape index (κ2) is 7.08. The first-order valence-corrected chi connectivity index (χ1v) is 7.99. The highest BCUT2D eigenvalue weighted by atomic mass is 79.9. The number of carbonyl (C=O) groups is 2. The molecule has 1 fully saturated rings. The Morgan fingerprint density at radius 1 is 1.40 bits per heavy atom. The van der Waals surface area contributed by atoms with Gasteiger partial charge in [-0.25, -0.2) is 9.18 Å². The topological polar surface area (TPSA) is 117 Å². The van der Waals surface area contributed by atoms with Crippen LogP contribution in [0.25, 0.3) is 0 Å². The first kappa shape index (κ1) is 19.3. The number of aromatic nitrogens is 2. The molecular weight excluding hydrogens is 407 g/mol. The molecule has 2 rings (SSSR count). The van der Waals surface area contributed by atoms with Crippen molar-refractivity contribution in [3.63, 3.8) is 0 Å². The summed E-state index contributed by atoms with van der Waals surface area (Å²) in [6.07, 6.45) is -3.00. The van der Waals surface area contributed by atoms with Gasteiger partial charge in [0.05, 0.1) is 4.47 Å². The zero-order valence-electron chi connectivity index (χ0n) is 13.6. The summed E-state index contributed by atoms with van der Waals surface area (Å²) in [6.45, 7) is 2.97. The van der Waals surface area contributed by atoms with Gasteiger partial charge in [-0.1, -0.05) is 0 Å². The Kier molecular flexibility index (Phi) is 5.47. The lowest BCUT2D eigenvalue weighted by atomic mass is 9.98. The number of ether oxygens (including phenoxy) is 3. The molecule has 1 aliphatic rings. The van der Waals surface area contributed by atoms with Crippen molar-refractivity contribution in [2.45, 2.75) is 44.9 Å². The lowest BCUT2D eigenvalue weighted by Gasteiger charge is -2.27. The van der Waals surface area contributed by atoms with E-state index in [2.05, 4.69) is 15.9 Å². The number of esters is 2. The van der Waals surface area contributed by atoms with Crippen LogP contribution in [0, 0.1) is 0 Å². The van der Waals surface area contributed by atoms with Crippen molar-refractivity contribution >= 4 is 27.9 Å². The Morgan fingerprint density at radius 2 is 2.04 bits per heavy atom. The van der Waals surface area contributed by atoms with Crippen molar-refractivity contribution in [1.29, 1.82) is 0 Å². The highest BCUT2D eigenvalue weighted by Crippen LogP contribution is 2.42. The molecule has 25 heavy (non-hydrogen) atoms. The van der Waals surface area contributed by atoms with Crippen LogP contribution in [-0.4, -0.2) is 46.0 Å². The Morgan fingerprint density at radius 3 is 2.60 bits per heavy atom. The van der Waals surface area contributed by atoms with E-state index >= 15 is 4.39 Å². The Hall–Kier alpha value is -2.01. The number of halogens is 2. The molecule has 2 heterocycles. The average Bonchev–Trinajstić information content (AvgIpc) is 2.72. The van der Waals surface area contributed by atoms with Crippen LogP contribution >= 0.6 is 15.9 Å². The third-order valence-electron chi connectivity index (χ3n) is 3.60. The minimum atomic E-state index is -2.34. The number of carbonyl (C=O) groups excluding carboxylic acids is 2. The van der Waals surface area contributed by atoms with Crippen LogP contribution in [0.15, 0.2) is 20.3 Å². The average molecular weight is 423 g/mol. The van der Waals surface area contributed by atoms with Crippen LogP contribution in [0.5, 0.6) is 0 Å². The van der Waals surface area contributed by atoms with Gasteiger partial charge in [0.1, 0.15) is 12.7 Å². The Balaban J connectivity index is 2.43. The van der Waals surface area contributed by atoms with Crippen molar-refractivity contribution < 1.29 is 28.2 Å². The number of rotatable bonds is 4. The van der Waals surface area contributed by atoms with Gasteiger partial charge < -0.3 is 14.2 Å². The summed E-state index contributed by atoms with van der Waals surface area (Å²) >= 11 is 2.95. The molecule has 1 aliphatic heterocycles. The van der Waals surface area contributed by atoms with Crippen molar-refractivity contribution in [1.82, 2.24) is 9.55 Å². The van der Waals surface area contributed by atoms with Gasteiger partial charge in [-0.15, -0.1) is 0 Å². The molecule has 0 unspecified atom stereocenters. The molecule has 1 saturated heterocycles. The zero-order valence-corrected chi connectivity index (χ0v) is 15.2. The normalized spacial score (nSPS) is 28.6. The van der Waals surface area contributed by atoms with E-state index in [1.807, 2.05) is 4.98 Å². The summed E-state index contributed by atoms with van der Waals surface area (Å²) in [5, 5.41) is 0. The molecule has 0 radical (unpaired) electrons.